The van der Waals surface area contributed by atoms with Gasteiger partial charge in [0.05, 0.1) is 9.99 Å². The Balaban J connectivity index is 2.60. The Labute approximate surface area is 104 Å². The van der Waals surface area contributed by atoms with Crippen molar-refractivity contribution < 1.29 is 0 Å². The first-order valence-electron chi connectivity index (χ1n) is 4.62. The van der Waals surface area contributed by atoms with Crippen molar-refractivity contribution in [1.29, 1.82) is 0 Å². The summed E-state index contributed by atoms with van der Waals surface area (Å²) in [5, 5.41) is 2.52. The Morgan fingerprint density at radius 3 is 2.53 bits per heavy atom. The van der Waals surface area contributed by atoms with Gasteiger partial charge in [-0.05, 0) is 44.0 Å². The molecule has 1 nitrogen and oxygen atoms in total. The van der Waals surface area contributed by atoms with E-state index < -0.39 is 0 Å². The Hall–Kier alpha value is -0.800. The highest BCUT2D eigenvalue weighted by molar-refractivity contribution is 9.13. The van der Waals surface area contributed by atoms with Crippen molar-refractivity contribution in [3.8, 4) is 0 Å². The first-order valence-corrected chi connectivity index (χ1v) is 6.20. The van der Waals surface area contributed by atoms with Gasteiger partial charge in [-0.3, -0.25) is 0 Å². The molecule has 0 unspecified atom stereocenters. The topological polar surface area (TPSA) is 15.8 Å². The van der Waals surface area contributed by atoms with Crippen LogP contribution in [-0.2, 0) is 0 Å². The summed E-state index contributed by atoms with van der Waals surface area (Å²) in [4.78, 5) is 3.41. The van der Waals surface area contributed by atoms with E-state index in [0.717, 1.165) is 14.5 Å². The zero-order valence-electron chi connectivity index (χ0n) is 7.72. The number of para-hydroxylation sites is 1. The molecule has 0 aliphatic rings. The largest absolute Gasteiger partial charge is 0.354 e. The standard InChI is InChI=1S/C12H7Br2N/c13-9-6-5-8-7-3-1-2-4-10(7)15-12(8)11(9)14/h1-6,15H. The molecular formula is C12H7Br2N. The van der Waals surface area contributed by atoms with Gasteiger partial charge in [-0.1, -0.05) is 24.3 Å². The third-order valence-electron chi connectivity index (χ3n) is 2.57. The number of aromatic amines is 1. The van der Waals surface area contributed by atoms with Crippen molar-refractivity contribution in [1.82, 2.24) is 4.98 Å². The van der Waals surface area contributed by atoms with Crippen LogP contribution >= 0.6 is 31.9 Å². The molecule has 0 saturated heterocycles. The molecule has 3 rings (SSSR count). The predicted octanol–water partition coefficient (Wildman–Crippen LogP) is 4.85. The van der Waals surface area contributed by atoms with Gasteiger partial charge in [0.25, 0.3) is 0 Å². The zero-order chi connectivity index (χ0) is 10.4. The maximum absolute atomic E-state index is 3.58. The SMILES string of the molecule is Brc1ccc2c([nH]c3ccccc32)c1Br. The zero-order valence-corrected chi connectivity index (χ0v) is 10.9. The lowest BCUT2D eigenvalue weighted by Gasteiger charge is -1.97. The van der Waals surface area contributed by atoms with Gasteiger partial charge in [0.1, 0.15) is 0 Å². The van der Waals surface area contributed by atoms with Crippen molar-refractivity contribution in [3.63, 3.8) is 0 Å². The third kappa shape index (κ3) is 1.34. The molecule has 0 aliphatic carbocycles. The molecule has 74 valence electrons. The van der Waals surface area contributed by atoms with E-state index in [0.29, 0.717) is 0 Å². The lowest BCUT2D eigenvalue weighted by Crippen LogP contribution is -1.72. The highest BCUT2D eigenvalue weighted by Crippen LogP contribution is 2.34. The van der Waals surface area contributed by atoms with Crippen LogP contribution in [0.3, 0.4) is 0 Å². The summed E-state index contributed by atoms with van der Waals surface area (Å²) in [6, 6.07) is 12.5. The van der Waals surface area contributed by atoms with Crippen LogP contribution in [0, 0.1) is 0 Å². The molecule has 0 bridgehead atoms. The summed E-state index contributed by atoms with van der Waals surface area (Å²) < 4.78 is 2.15. The van der Waals surface area contributed by atoms with Gasteiger partial charge in [0, 0.05) is 20.8 Å². The number of H-pyrrole nitrogens is 1. The van der Waals surface area contributed by atoms with Crippen molar-refractivity contribution in [2.24, 2.45) is 0 Å². The number of fused-ring (bicyclic) bond motifs is 3. The van der Waals surface area contributed by atoms with Gasteiger partial charge >= 0.3 is 0 Å². The average Bonchev–Trinajstić information content (AvgIpc) is 2.63. The molecule has 0 saturated carbocycles. The molecule has 1 heterocycles. The van der Waals surface area contributed by atoms with Gasteiger partial charge in [0.15, 0.2) is 0 Å². The summed E-state index contributed by atoms with van der Waals surface area (Å²) in [5.74, 6) is 0. The van der Waals surface area contributed by atoms with E-state index in [1.54, 1.807) is 0 Å². The first-order chi connectivity index (χ1) is 7.27. The number of rotatable bonds is 0. The second-order valence-corrected chi connectivity index (χ2v) is 5.10. The minimum Gasteiger partial charge on any atom is -0.354 e. The fourth-order valence-corrected chi connectivity index (χ4v) is 2.63. The molecule has 0 radical (unpaired) electrons. The molecule has 1 aromatic heterocycles. The van der Waals surface area contributed by atoms with Crippen LogP contribution in [0.15, 0.2) is 45.3 Å². The van der Waals surface area contributed by atoms with Crippen LogP contribution in [0.25, 0.3) is 21.8 Å². The lowest BCUT2D eigenvalue weighted by molar-refractivity contribution is 1.51. The van der Waals surface area contributed by atoms with Crippen molar-refractivity contribution >= 4 is 53.7 Å². The third-order valence-corrected chi connectivity index (χ3v) is 4.59. The number of nitrogens with one attached hydrogen (secondary N) is 1. The molecule has 0 fully saturated rings. The normalized spacial score (nSPS) is 11.3. The highest BCUT2D eigenvalue weighted by atomic mass is 79.9. The average molecular weight is 325 g/mol. The van der Waals surface area contributed by atoms with Gasteiger partial charge in [-0.15, -0.1) is 0 Å². The summed E-state index contributed by atoms with van der Waals surface area (Å²) in [5.41, 5.74) is 2.32. The fraction of sp³-hybridized carbons (Fsp3) is 0. The van der Waals surface area contributed by atoms with Crippen LogP contribution in [0.1, 0.15) is 0 Å². The molecule has 15 heavy (non-hydrogen) atoms. The maximum atomic E-state index is 3.58. The second kappa shape index (κ2) is 3.35. The van der Waals surface area contributed by atoms with Crippen LogP contribution in [0.4, 0.5) is 0 Å². The molecule has 2 aromatic carbocycles. The Morgan fingerprint density at radius 2 is 1.67 bits per heavy atom. The molecule has 0 aliphatic heterocycles. The Kier molecular flexibility index (Phi) is 2.11. The molecule has 0 atom stereocenters. The minimum absolute atomic E-state index is 1.07. The Morgan fingerprint density at radius 1 is 0.867 bits per heavy atom. The summed E-state index contributed by atoms with van der Waals surface area (Å²) in [6.45, 7) is 0. The number of aromatic nitrogens is 1. The Bertz CT molecular complexity index is 655. The van der Waals surface area contributed by atoms with Crippen molar-refractivity contribution in [2.75, 3.05) is 0 Å². The van der Waals surface area contributed by atoms with E-state index in [4.69, 9.17) is 0 Å². The summed E-state index contributed by atoms with van der Waals surface area (Å²) in [7, 11) is 0. The summed E-state index contributed by atoms with van der Waals surface area (Å²) in [6.07, 6.45) is 0. The van der Waals surface area contributed by atoms with Crippen LogP contribution < -0.4 is 0 Å². The molecule has 0 spiro atoms. The van der Waals surface area contributed by atoms with E-state index in [1.807, 2.05) is 6.07 Å². The molecule has 3 heteroatoms. The number of halogens is 2. The maximum Gasteiger partial charge on any atom is 0.0620 e. The molecule has 1 N–H and O–H groups in total. The molecular weight excluding hydrogens is 318 g/mol. The van der Waals surface area contributed by atoms with Gasteiger partial charge < -0.3 is 4.98 Å². The molecule has 3 aromatic rings. The predicted molar refractivity (Wildman–Crippen MR) is 71.2 cm³/mol. The van der Waals surface area contributed by atoms with E-state index >= 15 is 0 Å². The van der Waals surface area contributed by atoms with E-state index in [-0.39, 0.29) is 0 Å². The smallest absolute Gasteiger partial charge is 0.0620 e. The number of benzene rings is 2. The second-order valence-electron chi connectivity index (χ2n) is 3.45. The van der Waals surface area contributed by atoms with Crippen molar-refractivity contribution in [2.45, 2.75) is 0 Å². The highest BCUT2D eigenvalue weighted by Gasteiger charge is 2.08. The fourth-order valence-electron chi connectivity index (χ4n) is 1.86. The number of hydrogen-bond donors (Lipinski definition) is 1. The van der Waals surface area contributed by atoms with Gasteiger partial charge in [-0.25, -0.2) is 0 Å². The van der Waals surface area contributed by atoms with Crippen LogP contribution in [0.5, 0.6) is 0 Å². The summed E-state index contributed by atoms with van der Waals surface area (Å²) >= 11 is 7.09. The monoisotopic (exact) mass is 323 g/mol. The lowest BCUT2D eigenvalue weighted by atomic mass is 10.2. The quantitative estimate of drug-likeness (QED) is 0.608. The van der Waals surface area contributed by atoms with E-state index in [2.05, 4.69) is 67.2 Å². The van der Waals surface area contributed by atoms with Gasteiger partial charge in [-0.2, -0.15) is 0 Å². The van der Waals surface area contributed by atoms with Crippen LogP contribution in [0.2, 0.25) is 0 Å². The van der Waals surface area contributed by atoms with E-state index in [1.165, 1.54) is 16.3 Å². The minimum atomic E-state index is 1.07. The number of hydrogen-bond acceptors (Lipinski definition) is 0. The van der Waals surface area contributed by atoms with Gasteiger partial charge in [0.2, 0.25) is 0 Å². The van der Waals surface area contributed by atoms with Crippen LogP contribution in [-0.4, -0.2) is 4.98 Å². The molecule has 0 amide bonds. The van der Waals surface area contributed by atoms with E-state index in [9.17, 15) is 0 Å². The first kappa shape index (κ1) is 9.43. The van der Waals surface area contributed by atoms with Crippen molar-refractivity contribution in [3.05, 3.63) is 45.3 Å².